The van der Waals surface area contributed by atoms with E-state index in [1.807, 2.05) is 32.0 Å². The van der Waals surface area contributed by atoms with Crippen LogP contribution < -0.4 is 21.7 Å². The first-order valence-electron chi connectivity index (χ1n) is 8.77. The van der Waals surface area contributed by atoms with E-state index in [0.29, 0.717) is 23.5 Å². The Kier molecular flexibility index (Phi) is 6.74. The maximum atomic E-state index is 12.4. The fourth-order valence-electron chi connectivity index (χ4n) is 2.60. The van der Waals surface area contributed by atoms with Gasteiger partial charge in [0.1, 0.15) is 0 Å². The van der Waals surface area contributed by atoms with Gasteiger partial charge in [-0.1, -0.05) is 32.0 Å². The molecular formula is C20H26N4O2. The van der Waals surface area contributed by atoms with Crippen LogP contribution in [0, 0.1) is 0 Å². The molecule has 6 nitrogen and oxygen atoms in total. The van der Waals surface area contributed by atoms with Crippen molar-refractivity contribution in [3.8, 4) is 0 Å². The van der Waals surface area contributed by atoms with Crippen molar-refractivity contribution in [1.82, 2.24) is 5.32 Å². The van der Waals surface area contributed by atoms with Crippen LogP contribution in [-0.4, -0.2) is 24.0 Å². The molecular weight excluding hydrogens is 328 g/mol. The quantitative estimate of drug-likeness (QED) is 0.612. The fraction of sp³-hybridized carbons (Fsp3) is 0.300. The number of urea groups is 1. The van der Waals surface area contributed by atoms with Crippen LogP contribution in [0.3, 0.4) is 0 Å². The first-order chi connectivity index (χ1) is 12.5. The van der Waals surface area contributed by atoms with Gasteiger partial charge in [0.05, 0.1) is 5.54 Å². The van der Waals surface area contributed by atoms with Crippen LogP contribution in [0.15, 0.2) is 54.6 Å². The van der Waals surface area contributed by atoms with Gasteiger partial charge in [0.25, 0.3) is 5.91 Å². The summed E-state index contributed by atoms with van der Waals surface area (Å²) in [5, 5.41) is 8.50. The van der Waals surface area contributed by atoms with E-state index in [4.69, 9.17) is 5.73 Å². The molecule has 0 radical (unpaired) electrons. The minimum Gasteiger partial charge on any atom is -0.345 e. The Labute approximate surface area is 154 Å². The van der Waals surface area contributed by atoms with Crippen LogP contribution in [0.4, 0.5) is 16.2 Å². The van der Waals surface area contributed by atoms with Crippen LogP contribution in [-0.2, 0) is 0 Å². The minimum absolute atomic E-state index is 0.167. The van der Waals surface area contributed by atoms with Crippen molar-refractivity contribution in [2.24, 2.45) is 5.73 Å². The van der Waals surface area contributed by atoms with Gasteiger partial charge in [0, 0.05) is 23.5 Å². The standard InChI is InChI=1S/C20H26N4O2/c1-3-20(4-2,14-21)24-18(25)15-10-12-17(13-11-15)23-19(26)22-16-8-6-5-7-9-16/h5-13H,3-4,14,21H2,1-2H3,(H,24,25)(H2,22,23,26). The van der Waals surface area contributed by atoms with Gasteiger partial charge in [-0.2, -0.15) is 0 Å². The van der Waals surface area contributed by atoms with Gasteiger partial charge in [0.15, 0.2) is 0 Å². The van der Waals surface area contributed by atoms with Crippen LogP contribution in [0.2, 0.25) is 0 Å². The predicted octanol–water partition coefficient (Wildman–Crippen LogP) is 3.58. The largest absolute Gasteiger partial charge is 0.345 e. The van der Waals surface area contributed by atoms with E-state index in [1.54, 1.807) is 36.4 Å². The number of benzene rings is 2. The molecule has 0 aliphatic heterocycles. The molecule has 0 saturated heterocycles. The lowest BCUT2D eigenvalue weighted by molar-refractivity contribution is 0.0895. The molecule has 0 heterocycles. The number of amides is 3. The Morgan fingerprint density at radius 1 is 0.885 bits per heavy atom. The summed E-state index contributed by atoms with van der Waals surface area (Å²) in [5.41, 5.74) is 7.28. The minimum atomic E-state index is -0.385. The van der Waals surface area contributed by atoms with E-state index in [9.17, 15) is 9.59 Å². The zero-order valence-electron chi connectivity index (χ0n) is 15.2. The van der Waals surface area contributed by atoms with Gasteiger partial charge in [0.2, 0.25) is 0 Å². The van der Waals surface area contributed by atoms with Crippen molar-refractivity contribution in [2.45, 2.75) is 32.2 Å². The molecule has 0 unspecified atom stereocenters. The van der Waals surface area contributed by atoms with Gasteiger partial charge in [-0.05, 0) is 49.2 Å². The predicted molar refractivity (Wildman–Crippen MR) is 105 cm³/mol. The smallest absolute Gasteiger partial charge is 0.323 e. The molecule has 2 aromatic rings. The van der Waals surface area contributed by atoms with Crippen molar-refractivity contribution in [2.75, 3.05) is 17.2 Å². The van der Waals surface area contributed by atoms with E-state index in [-0.39, 0.29) is 17.5 Å². The summed E-state index contributed by atoms with van der Waals surface area (Å²) in [5.74, 6) is -0.167. The number of carbonyl (C=O) groups excluding carboxylic acids is 2. The van der Waals surface area contributed by atoms with Gasteiger partial charge < -0.3 is 21.7 Å². The number of para-hydroxylation sites is 1. The maximum absolute atomic E-state index is 12.4. The monoisotopic (exact) mass is 354 g/mol. The Morgan fingerprint density at radius 3 is 1.92 bits per heavy atom. The molecule has 0 fully saturated rings. The summed E-state index contributed by atoms with van der Waals surface area (Å²) in [6.45, 7) is 4.41. The van der Waals surface area contributed by atoms with E-state index in [2.05, 4.69) is 16.0 Å². The number of carbonyl (C=O) groups is 2. The molecule has 0 spiro atoms. The SMILES string of the molecule is CCC(CC)(CN)NC(=O)c1ccc(NC(=O)Nc2ccccc2)cc1. The highest BCUT2D eigenvalue weighted by Crippen LogP contribution is 2.16. The molecule has 0 aliphatic rings. The first kappa shape index (κ1) is 19.5. The molecule has 0 bridgehead atoms. The second-order valence-electron chi connectivity index (χ2n) is 6.17. The molecule has 0 atom stereocenters. The molecule has 2 rings (SSSR count). The highest BCUT2D eigenvalue weighted by molar-refractivity contribution is 6.00. The topological polar surface area (TPSA) is 96.2 Å². The number of anilines is 2. The molecule has 0 saturated carbocycles. The third-order valence-electron chi connectivity index (χ3n) is 4.56. The highest BCUT2D eigenvalue weighted by atomic mass is 16.2. The molecule has 138 valence electrons. The Morgan fingerprint density at radius 2 is 1.42 bits per heavy atom. The summed E-state index contributed by atoms with van der Waals surface area (Å²) in [6, 6.07) is 15.6. The lowest BCUT2D eigenvalue weighted by Crippen LogP contribution is -2.52. The summed E-state index contributed by atoms with van der Waals surface area (Å²) >= 11 is 0. The fourth-order valence-corrected chi connectivity index (χ4v) is 2.60. The second-order valence-corrected chi connectivity index (χ2v) is 6.17. The number of nitrogens with one attached hydrogen (secondary N) is 3. The van der Waals surface area contributed by atoms with E-state index in [0.717, 1.165) is 12.8 Å². The first-order valence-corrected chi connectivity index (χ1v) is 8.77. The molecule has 6 heteroatoms. The summed E-state index contributed by atoms with van der Waals surface area (Å²) < 4.78 is 0. The van der Waals surface area contributed by atoms with Crippen LogP contribution >= 0.6 is 0 Å². The molecule has 0 aromatic heterocycles. The molecule has 2 aromatic carbocycles. The normalized spacial score (nSPS) is 10.9. The summed E-state index contributed by atoms with van der Waals surface area (Å²) in [4.78, 5) is 24.4. The average Bonchev–Trinajstić information content (AvgIpc) is 2.67. The van der Waals surface area contributed by atoms with Crippen molar-refractivity contribution in [1.29, 1.82) is 0 Å². The number of hydrogen-bond acceptors (Lipinski definition) is 3. The van der Waals surface area contributed by atoms with Crippen molar-refractivity contribution < 1.29 is 9.59 Å². The summed E-state index contributed by atoms with van der Waals surface area (Å²) in [7, 11) is 0. The van der Waals surface area contributed by atoms with Crippen molar-refractivity contribution in [3.63, 3.8) is 0 Å². The molecule has 3 amide bonds. The maximum Gasteiger partial charge on any atom is 0.323 e. The highest BCUT2D eigenvalue weighted by Gasteiger charge is 2.26. The Hall–Kier alpha value is -2.86. The average molecular weight is 354 g/mol. The molecule has 5 N–H and O–H groups in total. The van der Waals surface area contributed by atoms with Crippen molar-refractivity contribution in [3.05, 3.63) is 60.2 Å². The van der Waals surface area contributed by atoms with E-state index < -0.39 is 0 Å². The van der Waals surface area contributed by atoms with Crippen LogP contribution in [0.5, 0.6) is 0 Å². The van der Waals surface area contributed by atoms with Crippen LogP contribution in [0.25, 0.3) is 0 Å². The zero-order chi connectivity index (χ0) is 19.0. The second kappa shape index (κ2) is 9.01. The number of nitrogens with two attached hydrogens (primary N) is 1. The Balaban J connectivity index is 1.97. The van der Waals surface area contributed by atoms with Gasteiger partial charge in [-0.3, -0.25) is 4.79 Å². The van der Waals surface area contributed by atoms with Crippen molar-refractivity contribution >= 4 is 23.3 Å². The van der Waals surface area contributed by atoms with E-state index in [1.165, 1.54) is 0 Å². The zero-order valence-corrected chi connectivity index (χ0v) is 15.2. The molecule has 0 aliphatic carbocycles. The lowest BCUT2D eigenvalue weighted by Gasteiger charge is -2.31. The third kappa shape index (κ3) is 5.07. The van der Waals surface area contributed by atoms with Gasteiger partial charge in [-0.25, -0.2) is 4.79 Å². The van der Waals surface area contributed by atoms with Gasteiger partial charge in [-0.15, -0.1) is 0 Å². The van der Waals surface area contributed by atoms with Crippen LogP contribution in [0.1, 0.15) is 37.0 Å². The lowest BCUT2D eigenvalue weighted by atomic mass is 9.92. The summed E-state index contributed by atoms with van der Waals surface area (Å²) in [6.07, 6.45) is 1.54. The number of rotatable bonds is 7. The van der Waals surface area contributed by atoms with E-state index >= 15 is 0 Å². The Bertz CT molecular complexity index is 717. The van der Waals surface area contributed by atoms with Gasteiger partial charge >= 0.3 is 6.03 Å². The number of hydrogen-bond donors (Lipinski definition) is 4. The molecule has 26 heavy (non-hydrogen) atoms. The third-order valence-corrected chi connectivity index (χ3v) is 4.56.